The first-order valence-corrected chi connectivity index (χ1v) is 8.64. The number of hydrogen-bond acceptors (Lipinski definition) is 4. The van der Waals surface area contributed by atoms with Crippen LogP contribution >= 0.6 is 22.7 Å². The standard InChI is InChI=1S/C17H12FNO3S2/c1-9-5-6-13(24-9)12-8-23-16(14(12)17(21)22)19-15(20)10-3-2-4-11(18)7-10/h2-8H,1H3,(H,19,20)(H,21,22). The number of hydrogen-bond donors (Lipinski definition) is 2. The highest BCUT2D eigenvalue weighted by Gasteiger charge is 2.22. The van der Waals surface area contributed by atoms with Crippen molar-refractivity contribution in [2.75, 3.05) is 5.32 Å². The van der Waals surface area contributed by atoms with Crippen molar-refractivity contribution in [3.63, 3.8) is 0 Å². The second-order valence-corrected chi connectivity index (χ2v) is 7.20. The van der Waals surface area contributed by atoms with Gasteiger partial charge in [-0.1, -0.05) is 6.07 Å². The number of carbonyl (C=O) groups excluding carboxylic acids is 1. The number of nitrogens with one attached hydrogen (secondary N) is 1. The van der Waals surface area contributed by atoms with Crippen molar-refractivity contribution >= 4 is 39.6 Å². The minimum Gasteiger partial charge on any atom is -0.478 e. The zero-order valence-electron chi connectivity index (χ0n) is 12.5. The van der Waals surface area contributed by atoms with E-state index in [1.54, 1.807) is 5.38 Å². The molecule has 0 radical (unpaired) electrons. The Hall–Kier alpha value is -2.51. The van der Waals surface area contributed by atoms with Crippen LogP contribution in [0.2, 0.25) is 0 Å². The van der Waals surface area contributed by atoms with Crippen LogP contribution in [0, 0.1) is 12.7 Å². The molecule has 0 fully saturated rings. The molecular formula is C17H12FNO3S2. The Morgan fingerprint density at radius 3 is 2.62 bits per heavy atom. The van der Waals surface area contributed by atoms with Crippen LogP contribution in [-0.4, -0.2) is 17.0 Å². The third-order valence-electron chi connectivity index (χ3n) is 3.32. The van der Waals surface area contributed by atoms with E-state index in [1.807, 2.05) is 19.1 Å². The van der Waals surface area contributed by atoms with Gasteiger partial charge in [0.1, 0.15) is 16.4 Å². The number of halogens is 1. The lowest BCUT2D eigenvalue weighted by Crippen LogP contribution is -2.13. The van der Waals surface area contributed by atoms with Crippen LogP contribution in [0.4, 0.5) is 9.39 Å². The van der Waals surface area contributed by atoms with Crippen molar-refractivity contribution in [3.8, 4) is 10.4 Å². The van der Waals surface area contributed by atoms with E-state index in [0.717, 1.165) is 27.2 Å². The number of aryl methyl sites for hydroxylation is 1. The minimum absolute atomic E-state index is 0.0478. The monoisotopic (exact) mass is 361 g/mol. The van der Waals surface area contributed by atoms with Crippen LogP contribution in [0.25, 0.3) is 10.4 Å². The van der Waals surface area contributed by atoms with Gasteiger partial charge in [0.05, 0.1) is 0 Å². The predicted octanol–water partition coefficient (Wildman–Crippen LogP) is 4.87. The van der Waals surface area contributed by atoms with Gasteiger partial charge >= 0.3 is 5.97 Å². The van der Waals surface area contributed by atoms with Gasteiger partial charge < -0.3 is 10.4 Å². The highest BCUT2D eigenvalue weighted by molar-refractivity contribution is 7.17. The molecule has 0 aliphatic heterocycles. The number of carboxylic acid groups (broad SMARTS) is 1. The summed E-state index contributed by atoms with van der Waals surface area (Å²) in [5.41, 5.74) is 0.750. The smallest absolute Gasteiger partial charge is 0.339 e. The lowest BCUT2D eigenvalue weighted by Gasteiger charge is -2.05. The van der Waals surface area contributed by atoms with Crippen molar-refractivity contribution in [1.82, 2.24) is 0 Å². The molecule has 24 heavy (non-hydrogen) atoms. The Labute approximate surface area is 145 Å². The molecule has 2 aromatic heterocycles. The van der Waals surface area contributed by atoms with Gasteiger partial charge in [0, 0.05) is 26.3 Å². The number of carbonyl (C=O) groups is 2. The van der Waals surface area contributed by atoms with Crippen LogP contribution in [-0.2, 0) is 0 Å². The Kier molecular flexibility index (Phi) is 4.46. The number of rotatable bonds is 4. The number of amides is 1. The Morgan fingerprint density at radius 2 is 2.00 bits per heavy atom. The summed E-state index contributed by atoms with van der Waals surface area (Å²) < 4.78 is 13.2. The molecule has 3 rings (SSSR count). The van der Waals surface area contributed by atoms with Gasteiger partial charge in [0.25, 0.3) is 5.91 Å². The number of benzene rings is 1. The third-order valence-corrected chi connectivity index (χ3v) is 5.25. The number of thiophene rings is 2. The Morgan fingerprint density at radius 1 is 1.21 bits per heavy atom. The molecule has 3 aromatic rings. The molecular weight excluding hydrogens is 349 g/mol. The van der Waals surface area contributed by atoms with E-state index >= 15 is 0 Å². The van der Waals surface area contributed by atoms with E-state index in [0.29, 0.717) is 5.56 Å². The van der Waals surface area contributed by atoms with E-state index in [1.165, 1.54) is 29.5 Å². The van der Waals surface area contributed by atoms with E-state index in [4.69, 9.17) is 0 Å². The summed E-state index contributed by atoms with van der Waals surface area (Å²) in [5, 5.41) is 14.0. The Balaban J connectivity index is 1.95. The molecule has 1 aromatic carbocycles. The SMILES string of the molecule is Cc1ccc(-c2csc(NC(=O)c3cccc(F)c3)c2C(=O)O)s1. The largest absolute Gasteiger partial charge is 0.478 e. The summed E-state index contributed by atoms with van der Waals surface area (Å²) >= 11 is 2.62. The fourth-order valence-corrected chi connectivity index (χ4v) is 4.14. The fourth-order valence-electron chi connectivity index (χ4n) is 2.23. The first-order valence-electron chi connectivity index (χ1n) is 6.94. The summed E-state index contributed by atoms with van der Waals surface area (Å²) in [6.07, 6.45) is 0. The van der Waals surface area contributed by atoms with E-state index in [9.17, 15) is 19.1 Å². The van der Waals surface area contributed by atoms with E-state index in [-0.39, 0.29) is 16.1 Å². The fraction of sp³-hybridized carbons (Fsp3) is 0.0588. The maximum atomic E-state index is 13.2. The quantitative estimate of drug-likeness (QED) is 0.696. The molecule has 7 heteroatoms. The van der Waals surface area contributed by atoms with Gasteiger partial charge in [-0.25, -0.2) is 9.18 Å². The molecule has 2 heterocycles. The summed E-state index contributed by atoms with van der Waals surface area (Å²) in [6.45, 7) is 1.94. The third kappa shape index (κ3) is 3.22. The zero-order chi connectivity index (χ0) is 17.3. The van der Waals surface area contributed by atoms with Crippen LogP contribution in [0.1, 0.15) is 25.6 Å². The van der Waals surface area contributed by atoms with Gasteiger partial charge in [-0.15, -0.1) is 22.7 Å². The molecule has 0 aliphatic carbocycles. The van der Waals surface area contributed by atoms with Gasteiger partial charge in [0.2, 0.25) is 0 Å². The number of aromatic carboxylic acids is 1. The van der Waals surface area contributed by atoms with Crippen molar-refractivity contribution < 1.29 is 19.1 Å². The molecule has 0 unspecified atom stereocenters. The Bertz CT molecular complexity index is 930. The second-order valence-electron chi connectivity index (χ2n) is 5.03. The van der Waals surface area contributed by atoms with Crippen molar-refractivity contribution in [2.24, 2.45) is 0 Å². The molecule has 0 saturated heterocycles. The van der Waals surface area contributed by atoms with Gasteiger partial charge in [0.15, 0.2) is 0 Å². The van der Waals surface area contributed by atoms with Gasteiger partial charge in [-0.05, 0) is 37.3 Å². The highest BCUT2D eigenvalue weighted by Crippen LogP contribution is 2.38. The average molecular weight is 361 g/mol. The molecule has 0 atom stereocenters. The van der Waals surface area contributed by atoms with Crippen LogP contribution < -0.4 is 5.32 Å². The highest BCUT2D eigenvalue weighted by atomic mass is 32.1. The summed E-state index contributed by atoms with van der Waals surface area (Å²) in [5.74, 6) is -2.19. The van der Waals surface area contributed by atoms with Crippen LogP contribution in [0.5, 0.6) is 0 Å². The number of anilines is 1. The van der Waals surface area contributed by atoms with Gasteiger partial charge in [-0.3, -0.25) is 4.79 Å². The molecule has 2 N–H and O–H groups in total. The first-order chi connectivity index (χ1) is 11.5. The maximum absolute atomic E-state index is 13.2. The summed E-state index contributed by atoms with van der Waals surface area (Å²) in [6, 6.07) is 9.00. The zero-order valence-corrected chi connectivity index (χ0v) is 14.1. The second kappa shape index (κ2) is 6.54. The average Bonchev–Trinajstić information content (AvgIpc) is 3.13. The molecule has 0 bridgehead atoms. The van der Waals surface area contributed by atoms with Crippen molar-refractivity contribution in [1.29, 1.82) is 0 Å². The van der Waals surface area contributed by atoms with Crippen LogP contribution in [0.15, 0.2) is 41.8 Å². The summed E-state index contributed by atoms with van der Waals surface area (Å²) in [7, 11) is 0. The van der Waals surface area contributed by atoms with Gasteiger partial charge in [-0.2, -0.15) is 0 Å². The molecule has 4 nitrogen and oxygen atoms in total. The first kappa shape index (κ1) is 16.4. The van der Waals surface area contributed by atoms with Crippen LogP contribution in [0.3, 0.4) is 0 Å². The van der Waals surface area contributed by atoms with Crippen molar-refractivity contribution in [2.45, 2.75) is 6.92 Å². The van der Waals surface area contributed by atoms with E-state index in [2.05, 4.69) is 5.32 Å². The number of carboxylic acids is 1. The molecule has 0 spiro atoms. The molecule has 0 saturated carbocycles. The molecule has 0 aliphatic rings. The van der Waals surface area contributed by atoms with Crippen molar-refractivity contribution in [3.05, 3.63) is 63.6 Å². The molecule has 122 valence electrons. The lowest BCUT2D eigenvalue weighted by atomic mass is 10.1. The minimum atomic E-state index is -1.12. The predicted molar refractivity (Wildman–Crippen MR) is 93.7 cm³/mol. The topological polar surface area (TPSA) is 66.4 Å². The molecule has 1 amide bonds. The van der Waals surface area contributed by atoms with E-state index < -0.39 is 17.7 Å². The maximum Gasteiger partial charge on any atom is 0.339 e. The lowest BCUT2D eigenvalue weighted by molar-refractivity contribution is 0.0699. The summed E-state index contributed by atoms with van der Waals surface area (Å²) in [4.78, 5) is 25.8. The normalized spacial score (nSPS) is 10.6.